The Kier molecular flexibility index (Phi) is 5.16. The predicted octanol–water partition coefficient (Wildman–Crippen LogP) is 10.3. The lowest BCUT2D eigenvalue weighted by atomic mass is 10.0. The number of fused-ring (bicyclic) bond motifs is 10. The van der Waals surface area contributed by atoms with E-state index in [0.29, 0.717) is 17.1 Å². The summed E-state index contributed by atoms with van der Waals surface area (Å²) in [6.07, 6.45) is 0. The van der Waals surface area contributed by atoms with Crippen molar-refractivity contribution in [1.82, 2.24) is 15.0 Å². The van der Waals surface area contributed by atoms with Gasteiger partial charge in [0.15, 0.2) is 17.1 Å². The van der Waals surface area contributed by atoms with Gasteiger partial charge >= 0.3 is 0 Å². The van der Waals surface area contributed by atoms with Gasteiger partial charge in [-0.3, -0.25) is 0 Å². The highest BCUT2D eigenvalue weighted by molar-refractivity contribution is 6.19. The zero-order valence-corrected chi connectivity index (χ0v) is 23.0. The van der Waals surface area contributed by atoms with Crippen LogP contribution in [0.5, 0.6) is 0 Å². The highest BCUT2D eigenvalue weighted by Crippen LogP contribution is 2.36. The van der Waals surface area contributed by atoms with Crippen molar-refractivity contribution >= 4 is 65.6 Å². The number of rotatable bonds is 2. The van der Waals surface area contributed by atoms with Gasteiger partial charge in [-0.2, -0.15) is 0 Å². The molecular formula is C39H23N3O. The van der Waals surface area contributed by atoms with Gasteiger partial charge in [0.2, 0.25) is 0 Å². The number of hydrogen-bond donors (Lipinski definition) is 0. The van der Waals surface area contributed by atoms with Crippen molar-refractivity contribution in [3.8, 4) is 22.5 Å². The van der Waals surface area contributed by atoms with Crippen LogP contribution in [0.1, 0.15) is 0 Å². The lowest BCUT2D eigenvalue weighted by Crippen LogP contribution is -1.94. The number of hydrogen-bond acceptors (Lipinski definition) is 4. The third kappa shape index (κ3) is 3.88. The Balaban J connectivity index is 1.44. The molecule has 0 saturated carbocycles. The van der Waals surface area contributed by atoms with Gasteiger partial charge in [-0.1, -0.05) is 115 Å². The fraction of sp³-hybridized carbons (Fsp3) is 0. The molecule has 0 aliphatic carbocycles. The number of aromatic nitrogens is 3. The minimum absolute atomic E-state index is 0.619. The third-order valence-corrected chi connectivity index (χ3v) is 8.29. The lowest BCUT2D eigenvalue weighted by Gasteiger charge is -2.06. The van der Waals surface area contributed by atoms with E-state index in [2.05, 4.69) is 121 Å². The SMILES string of the molecule is c1ccc(-c2ccc(-c3nc4nc(n3)c3cccc5oc6ccc(cc6c53)c3ccccc3c3cccc4c3)cc2)cc1. The van der Waals surface area contributed by atoms with Gasteiger partial charge in [-0.15, -0.1) is 0 Å². The zero-order chi connectivity index (χ0) is 28.3. The molecular weight excluding hydrogens is 526 g/mol. The average molecular weight is 550 g/mol. The quantitative estimate of drug-likeness (QED) is 0.215. The van der Waals surface area contributed by atoms with Crippen molar-refractivity contribution in [1.29, 1.82) is 0 Å². The van der Waals surface area contributed by atoms with Gasteiger partial charge in [0, 0.05) is 27.1 Å². The van der Waals surface area contributed by atoms with Crippen molar-refractivity contribution in [2.75, 3.05) is 0 Å². The standard InChI is InChI=1S/C39H23N3O/c1-2-8-24(9-3-1)25-16-18-26(19-17-25)37-40-38-29-11-6-10-27(22-29)30-12-4-5-13-31(30)28-20-21-34-33(23-28)36-32(39(41-37)42-38)14-7-15-35(36)43-34/h1-23H. The summed E-state index contributed by atoms with van der Waals surface area (Å²) < 4.78 is 6.35. The van der Waals surface area contributed by atoms with Crippen LogP contribution in [0.3, 0.4) is 0 Å². The molecule has 6 bridgehead atoms. The molecule has 200 valence electrons. The first-order valence-corrected chi connectivity index (χ1v) is 14.4. The first-order chi connectivity index (χ1) is 21.3. The molecule has 9 rings (SSSR count). The number of nitrogens with zero attached hydrogens (tertiary/aromatic N) is 3. The summed E-state index contributed by atoms with van der Waals surface area (Å²) in [5.74, 6) is 0.630. The topological polar surface area (TPSA) is 51.8 Å². The monoisotopic (exact) mass is 549 g/mol. The molecule has 4 nitrogen and oxygen atoms in total. The molecule has 6 aromatic carbocycles. The number of furan rings is 1. The Hall–Kier alpha value is -5.87. The molecule has 0 atom stereocenters. The Bertz CT molecular complexity index is 2550. The number of benzene rings is 6. The summed E-state index contributed by atoms with van der Waals surface area (Å²) in [5, 5.41) is 8.47. The molecule has 3 heterocycles. The highest BCUT2D eigenvalue weighted by atomic mass is 16.3. The van der Waals surface area contributed by atoms with E-state index in [1.54, 1.807) is 0 Å². The van der Waals surface area contributed by atoms with Crippen LogP contribution in [0.2, 0.25) is 0 Å². The molecule has 3 aromatic heterocycles. The predicted molar refractivity (Wildman–Crippen MR) is 177 cm³/mol. The Morgan fingerprint density at radius 1 is 0.372 bits per heavy atom. The van der Waals surface area contributed by atoms with Crippen LogP contribution in [0.4, 0.5) is 0 Å². The fourth-order valence-electron chi connectivity index (χ4n) is 6.19. The summed E-state index contributed by atoms with van der Waals surface area (Å²) in [5.41, 5.74) is 6.15. The Labute approximate surface area is 246 Å². The van der Waals surface area contributed by atoms with Gasteiger partial charge in [-0.05, 0) is 56.9 Å². The van der Waals surface area contributed by atoms with E-state index in [-0.39, 0.29) is 0 Å². The summed E-state index contributed by atoms with van der Waals surface area (Å²) >= 11 is 0. The zero-order valence-electron chi connectivity index (χ0n) is 23.0. The van der Waals surface area contributed by atoms with E-state index in [9.17, 15) is 0 Å². The molecule has 43 heavy (non-hydrogen) atoms. The average Bonchev–Trinajstić information content (AvgIpc) is 3.46. The summed E-state index contributed by atoms with van der Waals surface area (Å²) in [6, 6.07) is 48.4. The van der Waals surface area contributed by atoms with Gasteiger partial charge in [0.1, 0.15) is 11.2 Å². The molecule has 0 radical (unpaired) electrons. The molecule has 0 amide bonds. The van der Waals surface area contributed by atoms with Crippen molar-refractivity contribution in [2.24, 2.45) is 0 Å². The van der Waals surface area contributed by atoms with Crippen LogP contribution in [0.15, 0.2) is 144 Å². The fourth-order valence-corrected chi connectivity index (χ4v) is 6.19. The first-order valence-electron chi connectivity index (χ1n) is 14.4. The second kappa shape index (κ2) is 9.33. The highest BCUT2D eigenvalue weighted by Gasteiger charge is 2.14. The molecule has 0 aliphatic heterocycles. The van der Waals surface area contributed by atoms with Crippen LogP contribution in [-0.2, 0) is 0 Å². The summed E-state index contributed by atoms with van der Waals surface area (Å²) in [7, 11) is 0. The van der Waals surface area contributed by atoms with E-state index in [4.69, 9.17) is 19.4 Å². The van der Waals surface area contributed by atoms with Crippen molar-refractivity contribution in [3.63, 3.8) is 0 Å². The van der Waals surface area contributed by atoms with Gasteiger partial charge < -0.3 is 4.42 Å². The Morgan fingerprint density at radius 3 is 1.86 bits per heavy atom. The maximum absolute atomic E-state index is 6.35. The molecule has 0 aliphatic rings. The van der Waals surface area contributed by atoms with Gasteiger partial charge in [0.25, 0.3) is 0 Å². The molecule has 9 aromatic rings. The second-order valence-electron chi connectivity index (χ2n) is 10.9. The first kappa shape index (κ1) is 23.8. The van der Waals surface area contributed by atoms with Crippen LogP contribution in [0, 0.1) is 0 Å². The van der Waals surface area contributed by atoms with Gasteiger partial charge in [0.05, 0.1) is 0 Å². The maximum Gasteiger partial charge on any atom is 0.164 e. The molecule has 0 unspecified atom stereocenters. The molecule has 4 heteroatoms. The second-order valence-corrected chi connectivity index (χ2v) is 10.9. The van der Waals surface area contributed by atoms with Crippen LogP contribution >= 0.6 is 0 Å². The van der Waals surface area contributed by atoms with Gasteiger partial charge in [-0.25, -0.2) is 15.0 Å². The molecule has 0 spiro atoms. The maximum atomic E-state index is 6.35. The van der Waals surface area contributed by atoms with Crippen LogP contribution in [0.25, 0.3) is 88.1 Å². The van der Waals surface area contributed by atoms with E-state index in [1.165, 1.54) is 5.56 Å². The van der Waals surface area contributed by atoms with E-state index in [1.807, 2.05) is 18.2 Å². The van der Waals surface area contributed by atoms with E-state index < -0.39 is 0 Å². The summed E-state index contributed by atoms with van der Waals surface area (Å²) in [4.78, 5) is 15.2. The van der Waals surface area contributed by atoms with Crippen molar-refractivity contribution < 1.29 is 4.42 Å². The normalized spacial score (nSPS) is 11.7. The summed E-state index contributed by atoms with van der Waals surface area (Å²) in [6.45, 7) is 0. The molecule has 0 saturated heterocycles. The Morgan fingerprint density at radius 2 is 1.02 bits per heavy atom. The van der Waals surface area contributed by atoms with Crippen LogP contribution in [-0.4, -0.2) is 15.0 Å². The minimum atomic E-state index is 0.619. The smallest absolute Gasteiger partial charge is 0.164 e. The van der Waals surface area contributed by atoms with E-state index in [0.717, 1.165) is 65.4 Å². The van der Waals surface area contributed by atoms with E-state index >= 15 is 0 Å². The third-order valence-electron chi connectivity index (χ3n) is 8.29. The molecule has 0 fully saturated rings. The van der Waals surface area contributed by atoms with Crippen LogP contribution < -0.4 is 0 Å². The van der Waals surface area contributed by atoms with Crippen molar-refractivity contribution in [3.05, 3.63) is 140 Å². The van der Waals surface area contributed by atoms with Crippen molar-refractivity contribution in [2.45, 2.75) is 0 Å². The molecule has 0 N–H and O–H groups in total. The minimum Gasteiger partial charge on any atom is -0.456 e. The lowest BCUT2D eigenvalue weighted by molar-refractivity contribution is 0.669. The largest absolute Gasteiger partial charge is 0.456 e.